The molecule has 0 spiro atoms. The summed E-state index contributed by atoms with van der Waals surface area (Å²) in [6, 6.07) is 0. The van der Waals surface area contributed by atoms with Gasteiger partial charge in [0, 0.05) is 6.42 Å². The van der Waals surface area contributed by atoms with Crippen LogP contribution in [0.3, 0.4) is 0 Å². The van der Waals surface area contributed by atoms with Crippen molar-refractivity contribution in [3.05, 3.63) is 0 Å². The molecule has 8 heteroatoms. The zero-order valence-corrected chi connectivity index (χ0v) is 12.9. The van der Waals surface area contributed by atoms with E-state index in [1.54, 1.807) is 0 Å². The normalized spacial score (nSPS) is 37.9. The van der Waals surface area contributed by atoms with E-state index < -0.39 is 21.4 Å². The largest absolute Gasteiger partial charge is 0.516 e. The molecule has 3 rings (SSSR count). The number of amides is 1. The zero-order chi connectivity index (χ0) is 16.1. The lowest BCUT2D eigenvalue weighted by Crippen LogP contribution is -2.40. The van der Waals surface area contributed by atoms with Crippen molar-refractivity contribution in [2.45, 2.75) is 50.5 Å². The number of nitrogens with one attached hydrogen (secondary N) is 1. The first-order valence-corrected chi connectivity index (χ1v) is 9.24. The van der Waals surface area contributed by atoms with Crippen molar-refractivity contribution in [3.63, 3.8) is 0 Å². The van der Waals surface area contributed by atoms with Crippen LogP contribution in [-0.4, -0.2) is 19.8 Å². The van der Waals surface area contributed by atoms with Gasteiger partial charge in [-0.05, 0) is 68.1 Å². The van der Waals surface area contributed by atoms with Crippen molar-refractivity contribution in [2.75, 3.05) is 0 Å². The van der Waals surface area contributed by atoms with Crippen LogP contribution in [0.1, 0.15) is 44.9 Å². The molecule has 0 aromatic carbocycles. The standard InChI is InChI=1S/C14H20F3NO3S/c15-14(16,17)22(20,21)18-13(19)7-10-2-8-1-9-4-11(3-8)12(5-9)6-10/h8-12H,1-7H2,(H,18,19). The van der Waals surface area contributed by atoms with Crippen LogP contribution < -0.4 is 4.72 Å². The van der Waals surface area contributed by atoms with Crippen LogP contribution in [0.25, 0.3) is 0 Å². The van der Waals surface area contributed by atoms with E-state index in [-0.39, 0.29) is 12.3 Å². The van der Waals surface area contributed by atoms with Gasteiger partial charge in [0.2, 0.25) is 5.91 Å². The lowest BCUT2D eigenvalue weighted by molar-refractivity contribution is -0.121. The quantitative estimate of drug-likeness (QED) is 0.860. The van der Waals surface area contributed by atoms with E-state index in [0.29, 0.717) is 17.8 Å². The fourth-order valence-electron chi connectivity index (χ4n) is 4.97. The van der Waals surface area contributed by atoms with Gasteiger partial charge in [-0.15, -0.1) is 0 Å². The Morgan fingerprint density at radius 3 is 2.09 bits per heavy atom. The molecule has 0 aromatic rings. The predicted octanol–water partition coefficient (Wildman–Crippen LogP) is 2.80. The Labute approximate surface area is 127 Å². The van der Waals surface area contributed by atoms with E-state index in [1.165, 1.54) is 19.3 Å². The number of fused-ring (bicyclic) bond motifs is 2. The molecule has 126 valence electrons. The molecule has 0 radical (unpaired) electrons. The van der Waals surface area contributed by atoms with Gasteiger partial charge in [-0.25, -0.2) is 4.72 Å². The second kappa shape index (κ2) is 5.39. The smallest absolute Gasteiger partial charge is 0.274 e. The van der Waals surface area contributed by atoms with Gasteiger partial charge in [0.25, 0.3) is 0 Å². The average Bonchev–Trinajstić information content (AvgIpc) is 2.54. The van der Waals surface area contributed by atoms with Crippen LogP contribution >= 0.6 is 0 Å². The lowest BCUT2D eigenvalue weighted by atomic mass is 9.78. The van der Waals surface area contributed by atoms with E-state index in [0.717, 1.165) is 29.9 Å². The first kappa shape index (κ1) is 16.1. The predicted molar refractivity (Wildman–Crippen MR) is 72.9 cm³/mol. The van der Waals surface area contributed by atoms with E-state index in [9.17, 15) is 26.4 Å². The van der Waals surface area contributed by atoms with Crippen molar-refractivity contribution in [3.8, 4) is 0 Å². The Morgan fingerprint density at radius 1 is 0.955 bits per heavy atom. The lowest BCUT2D eigenvalue weighted by Gasteiger charge is -2.28. The molecule has 5 atom stereocenters. The summed E-state index contributed by atoms with van der Waals surface area (Å²) in [5.74, 6) is 1.57. The molecule has 5 unspecified atom stereocenters. The number of carbonyl (C=O) groups is 1. The van der Waals surface area contributed by atoms with Crippen molar-refractivity contribution < 1.29 is 26.4 Å². The highest BCUT2D eigenvalue weighted by Crippen LogP contribution is 2.54. The molecule has 3 aliphatic carbocycles. The second-order valence-corrected chi connectivity index (χ2v) is 8.88. The molecule has 0 aromatic heterocycles. The minimum Gasteiger partial charge on any atom is -0.274 e. The van der Waals surface area contributed by atoms with Gasteiger partial charge in [0.05, 0.1) is 0 Å². The molecule has 4 nitrogen and oxygen atoms in total. The first-order chi connectivity index (χ1) is 10.1. The Bertz CT molecular complexity index is 558. The molecule has 3 fully saturated rings. The summed E-state index contributed by atoms with van der Waals surface area (Å²) in [5, 5.41) is 0. The van der Waals surface area contributed by atoms with E-state index in [2.05, 4.69) is 0 Å². The molecule has 3 saturated carbocycles. The number of carbonyl (C=O) groups excluding carboxylic acids is 1. The fraction of sp³-hybridized carbons (Fsp3) is 0.929. The van der Waals surface area contributed by atoms with Gasteiger partial charge in [-0.3, -0.25) is 4.79 Å². The summed E-state index contributed by atoms with van der Waals surface area (Å²) < 4.78 is 59.9. The van der Waals surface area contributed by atoms with Gasteiger partial charge in [-0.1, -0.05) is 0 Å². The van der Waals surface area contributed by atoms with Crippen molar-refractivity contribution in [1.29, 1.82) is 0 Å². The van der Waals surface area contributed by atoms with Crippen LogP contribution in [0, 0.1) is 29.6 Å². The summed E-state index contributed by atoms with van der Waals surface area (Å²) >= 11 is 0. The number of alkyl halides is 3. The highest BCUT2D eigenvalue weighted by molar-refractivity contribution is 7.90. The second-order valence-electron chi connectivity index (χ2n) is 7.21. The Kier molecular flexibility index (Phi) is 3.94. The van der Waals surface area contributed by atoms with E-state index in [1.807, 2.05) is 0 Å². The van der Waals surface area contributed by atoms with Crippen LogP contribution in [0.2, 0.25) is 0 Å². The molecule has 0 saturated heterocycles. The van der Waals surface area contributed by atoms with Gasteiger partial charge < -0.3 is 0 Å². The molecule has 0 heterocycles. The average molecular weight is 339 g/mol. The number of hydrogen-bond donors (Lipinski definition) is 1. The molecule has 3 aliphatic rings. The third-order valence-corrected chi connectivity index (χ3v) is 6.68. The van der Waals surface area contributed by atoms with Crippen LogP contribution in [-0.2, 0) is 14.8 Å². The third kappa shape index (κ3) is 3.12. The minimum absolute atomic E-state index is 0.00230. The van der Waals surface area contributed by atoms with Gasteiger partial charge in [0.15, 0.2) is 0 Å². The number of hydrogen-bond acceptors (Lipinski definition) is 3. The number of sulfonamides is 1. The van der Waals surface area contributed by atoms with E-state index >= 15 is 0 Å². The van der Waals surface area contributed by atoms with E-state index in [4.69, 9.17) is 0 Å². The highest BCUT2D eigenvalue weighted by Gasteiger charge is 2.48. The molecule has 1 amide bonds. The van der Waals surface area contributed by atoms with Crippen molar-refractivity contribution in [2.24, 2.45) is 29.6 Å². The summed E-state index contributed by atoms with van der Waals surface area (Å²) in [7, 11) is -5.58. The number of rotatable bonds is 3. The van der Waals surface area contributed by atoms with Crippen LogP contribution in [0.4, 0.5) is 13.2 Å². The summed E-state index contributed by atoms with van der Waals surface area (Å²) in [4.78, 5) is 11.7. The number of halogens is 3. The minimum atomic E-state index is -5.58. The van der Waals surface area contributed by atoms with Gasteiger partial charge in [-0.2, -0.15) is 21.6 Å². The maximum Gasteiger partial charge on any atom is 0.516 e. The molecule has 22 heavy (non-hydrogen) atoms. The zero-order valence-electron chi connectivity index (χ0n) is 12.1. The Balaban J connectivity index is 1.61. The maximum absolute atomic E-state index is 12.3. The Hall–Kier alpha value is -0.790. The monoisotopic (exact) mass is 339 g/mol. The van der Waals surface area contributed by atoms with Crippen molar-refractivity contribution >= 4 is 15.9 Å². The van der Waals surface area contributed by atoms with Gasteiger partial charge in [0.1, 0.15) is 0 Å². The molecular formula is C14H20F3NO3S. The fourth-order valence-corrected chi connectivity index (χ4v) is 5.47. The topological polar surface area (TPSA) is 63.2 Å². The summed E-state index contributed by atoms with van der Waals surface area (Å²) in [5.41, 5.74) is -5.44. The summed E-state index contributed by atoms with van der Waals surface area (Å²) in [6.45, 7) is 0. The van der Waals surface area contributed by atoms with Crippen LogP contribution in [0.5, 0.6) is 0 Å². The van der Waals surface area contributed by atoms with Crippen molar-refractivity contribution in [1.82, 2.24) is 4.72 Å². The Morgan fingerprint density at radius 2 is 1.50 bits per heavy atom. The SMILES string of the molecule is O=C(CC1CC2CC3CC(C1)C(C2)C3)NS(=O)(=O)C(F)(F)F. The van der Waals surface area contributed by atoms with Gasteiger partial charge >= 0.3 is 15.5 Å². The summed E-state index contributed by atoms with van der Waals surface area (Å²) in [6.07, 6.45) is 6.30. The molecule has 1 N–H and O–H groups in total. The molecular weight excluding hydrogens is 319 g/mol. The third-order valence-electron chi connectivity index (χ3n) is 5.57. The molecule has 0 aliphatic heterocycles. The van der Waals surface area contributed by atoms with Crippen LogP contribution in [0.15, 0.2) is 0 Å². The first-order valence-electron chi connectivity index (χ1n) is 7.76. The maximum atomic E-state index is 12.3. The highest BCUT2D eigenvalue weighted by atomic mass is 32.2. The molecule has 3 bridgehead atoms.